The van der Waals surface area contributed by atoms with Gasteiger partial charge in [0.15, 0.2) is 0 Å². The van der Waals surface area contributed by atoms with Crippen LogP contribution in [0.25, 0.3) is 0 Å². The van der Waals surface area contributed by atoms with E-state index in [2.05, 4.69) is 6.66 Å². The van der Waals surface area contributed by atoms with Gasteiger partial charge in [-0.15, -0.1) is 0 Å². The van der Waals surface area contributed by atoms with Crippen molar-refractivity contribution in [2.75, 3.05) is 6.66 Å². The summed E-state index contributed by atoms with van der Waals surface area (Å²) in [6.07, 6.45) is 7.70. The zero-order valence-corrected chi connectivity index (χ0v) is 8.15. The summed E-state index contributed by atoms with van der Waals surface area (Å²) >= 11 is 0. The van der Waals surface area contributed by atoms with E-state index in [9.17, 15) is 4.57 Å². The number of rotatable bonds is 0. The average Bonchev–Trinajstić information content (AvgIpc) is 2.00. The summed E-state index contributed by atoms with van der Waals surface area (Å²) in [5.41, 5.74) is 1.24. The van der Waals surface area contributed by atoms with Gasteiger partial charge < -0.3 is 4.57 Å². The fraction of sp³-hybridized carbons (Fsp3) is 1.00. The summed E-state index contributed by atoms with van der Waals surface area (Å²) in [5, 5.41) is 0. The lowest BCUT2D eigenvalue weighted by Gasteiger charge is -2.17. The molecule has 0 aliphatic carbocycles. The zero-order valence-electron chi connectivity index (χ0n) is 7.25. The Labute approximate surface area is 68.9 Å². The molecule has 2 bridgehead atoms. The number of hydrogen-bond acceptors (Lipinski definition) is 1. The van der Waals surface area contributed by atoms with Gasteiger partial charge in [-0.3, -0.25) is 0 Å². The Morgan fingerprint density at radius 2 is 1.45 bits per heavy atom. The quantitative estimate of drug-likeness (QED) is 0.513. The third kappa shape index (κ3) is 1.18. The third-order valence-electron chi connectivity index (χ3n) is 3.61. The summed E-state index contributed by atoms with van der Waals surface area (Å²) in [5.74, 6) is 0. The molecule has 64 valence electrons. The molecule has 0 N–H and O–H groups in total. The van der Waals surface area contributed by atoms with Crippen molar-refractivity contribution in [1.82, 2.24) is 0 Å². The molecule has 11 heavy (non-hydrogen) atoms. The van der Waals surface area contributed by atoms with Gasteiger partial charge in [0.05, 0.1) is 7.14 Å². The van der Waals surface area contributed by atoms with Crippen molar-refractivity contribution in [2.45, 2.75) is 49.8 Å². The Morgan fingerprint density at radius 3 is 1.91 bits per heavy atom. The highest BCUT2D eigenvalue weighted by atomic mass is 31.2. The lowest BCUT2D eigenvalue weighted by atomic mass is 10.0. The molecule has 2 heterocycles. The van der Waals surface area contributed by atoms with Gasteiger partial charge in [0, 0.05) is 11.3 Å². The first kappa shape index (κ1) is 7.86. The summed E-state index contributed by atoms with van der Waals surface area (Å²) in [4.78, 5) is 0. The molecule has 0 spiro atoms. The highest BCUT2D eigenvalue weighted by molar-refractivity contribution is 7.64. The molecule has 2 saturated heterocycles. The van der Waals surface area contributed by atoms with Crippen molar-refractivity contribution in [2.24, 2.45) is 0 Å². The first-order chi connectivity index (χ1) is 5.21. The van der Waals surface area contributed by atoms with Crippen molar-refractivity contribution >= 4 is 7.14 Å². The fourth-order valence-corrected chi connectivity index (χ4v) is 6.07. The molecule has 2 aliphatic rings. The molecule has 0 amide bonds. The molecule has 0 aromatic rings. The molecule has 2 fully saturated rings. The Morgan fingerprint density at radius 1 is 1.00 bits per heavy atom. The second-order valence-electron chi connectivity index (χ2n) is 4.23. The Bertz CT molecular complexity index is 182. The summed E-state index contributed by atoms with van der Waals surface area (Å²) in [6, 6.07) is 0. The van der Waals surface area contributed by atoms with Crippen molar-refractivity contribution in [3.8, 4) is 0 Å². The van der Waals surface area contributed by atoms with E-state index in [4.69, 9.17) is 0 Å². The van der Waals surface area contributed by atoms with Crippen molar-refractivity contribution in [1.29, 1.82) is 0 Å². The van der Waals surface area contributed by atoms with Gasteiger partial charge >= 0.3 is 0 Å². The van der Waals surface area contributed by atoms with Crippen LogP contribution in [0.2, 0.25) is 0 Å². The molecule has 2 unspecified atom stereocenters. The lowest BCUT2D eigenvalue weighted by Crippen LogP contribution is -2.02. The maximum atomic E-state index is 12.2. The molecule has 2 aliphatic heterocycles. The Hall–Kier alpha value is 0.230. The Balaban J connectivity index is 2.26. The maximum Gasteiger partial charge on any atom is 0.0906 e. The van der Waals surface area contributed by atoms with Crippen LogP contribution in [0, 0.1) is 0 Å². The first-order valence-corrected chi connectivity index (χ1v) is 7.07. The normalized spacial score (nSPS) is 50.6. The predicted octanol–water partition coefficient (Wildman–Crippen LogP) is 3.08. The minimum atomic E-state index is -1.70. The lowest BCUT2D eigenvalue weighted by molar-refractivity contribution is 0.556. The molecule has 1 nitrogen and oxygen atoms in total. The van der Waals surface area contributed by atoms with Crippen LogP contribution < -0.4 is 0 Å². The topological polar surface area (TPSA) is 17.1 Å². The van der Waals surface area contributed by atoms with Crippen molar-refractivity contribution < 1.29 is 4.57 Å². The van der Waals surface area contributed by atoms with Gasteiger partial charge in [0.2, 0.25) is 0 Å². The molecule has 0 saturated carbocycles. The third-order valence-corrected chi connectivity index (χ3v) is 7.54. The van der Waals surface area contributed by atoms with Crippen LogP contribution in [0.5, 0.6) is 0 Å². The molecular formula is C9H17OP. The van der Waals surface area contributed by atoms with E-state index in [0.29, 0.717) is 11.3 Å². The minimum absolute atomic E-state index is 0.620. The van der Waals surface area contributed by atoms with E-state index < -0.39 is 7.14 Å². The standard InChI is InChI=1S/C9H17OP/c1-11(10)8-4-2-3-5-9(11)7-6-8/h8-9H,2-7H2,1H3. The van der Waals surface area contributed by atoms with E-state index in [0.717, 1.165) is 0 Å². The van der Waals surface area contributed by atoms with Crippen LogP contribution in [-0.4, -0.2) is 18.0 Å². The van der Waals surface area contributed by atoms with E-state index in [1.54, 1.807) is 0 Å². The van der Waals surface area contributed by atoms with Crippen LogP contribution in [0.4, 0.5) is 0 Å². The van der Waals surface area contributed by atoms with Gasteiger partial charge in [-0.2, -0.15) is 0 Å². The second kappa shape index (κ2) is 2.62. The Kier molecular flexibility index (Phi) is 1.87. The molecule has 0 radical (unpaired) electrons. The summed E-state index contributed by atoms with van der Waals surface area (Å²) in [7, 11) is -1.70. The van der Waals surface area contributed by atoms with E-state index >= 15 is 0 Å². The van der Waals surface area contributed by atoms with E-state index in [1.165, 1.54) is 38.5 Å². The number of hydrogen-bond donors (Lipinski definition) is 0. The predicted molar refractivity (Wildman–Crippen MR) is 48.8 cm³/mol. The summed E-state index contributed by atoms with van der Waals surface area (Å²) < 4.78 is 12.2. The van der Waals surface area contributed by atoms with Crippen LogP contribution in [0.15, 0.2) is 0 Å². The van der Waals surface area contributed by atoms with Crippen molar-refractivity contribution in [3.05, 3.63) is 0 Å². The summed E-state index contributed by atoms with van der Waals surface area (Å²) in [6.45, 7) is 2.06. The molecule has 2 rings (SSSR count). The van der Waals surface area contributed by atoms with Crippen LogP contribution in [-0.2, 0) is 4.57 Å². The average molecular weight is 172 g/mol. The molecule has 0 aromatic heterocycles. The van der Waals surface area contributed by atoms with Gasteiger partial charge in [0.25, 0.3) is 0 Å². The number of fused-ring (bicyclic) bond motifs is 2. The highest BCUT2D eigenvalue weighted by Gasteiger charge is 2.42. The molecule has 0 aromatic carbocycles. The van der Waals surface area contributed by atoms with Gasteiger partial charge in [-0.1, -0.05) is 12.8 Å². The van der Waals surface area contributed by atoms with Gasteiger partial charge in [-0.05, 0) is 32.3 Å². The van der Waals surface area contributed by atoms with Gasteiger partial charge in [-0.25, -0.2) is 0 Å². The van der Waals surface area contributed by atoms with Crippen LogP contribution in [0.1, 0.15) is 38.5 Å². The zero-order chi connectivity index (χ0) is 7.90. The largest absolute Gasteiger partial charge is 0.323 e. The molecule has 2 atom stereocenters. The second-order valence-corrected chi connectivity index (χ2v) is 7.81. The minimum Gasteiger partial charge on any atom is -0.323 e. The van der Waals surface area contributed by atoms with Crippen molar-refractivity contribution in [3.63, 3.8) is 0 Å². The highest BCUT2D eigenvalue weighted by Crippen LogP contribution is 2.64. The van der Waals surface area contributed by atoms with Crippen LogP contribution >= 0.6 is 7.14 Å². The molecule has 2 heteroatoms. The fourth-order valence-electron chi connectivity index (χ4n) is 2.76. The van der Waals surface area contributed by atoms with Gasteiger partial charge in [0.1, 0.15) is 0 Å². The van der Waals surface area contributed by atoms with E-state index in [-0.39, 0.29) is 0 Å². The molecular weight excluding hydrogens is 155 g/mol. The first-order valence-electron chi connectivity index (χ1n) is 4.78. The smallest absolute Gasteiger partial charge is 0.0906 e. The SMILES string of the molecule is CP1(=O)C2CCCCC1CC2. The maximum absolute atomic E-state index is 12.2. The van der Waals surface area contributed by atoms with Crippen LogP contribution in [0.3, 0.4) is 0 Å². The van der Waals surface area contributed by atoms with E-state index in [1.807, 2.05) is 0 Å². The monoisotopic (exact) mass is 172 g/mol.